The maximum atomic E-state index is 9.34. The van der Waals surface area contributed by atoms with Crippen LogP contribution in [0.5, 0.6) is 0 Å². The molecular formula is C14H22O. The van der Waals surface area contributed by atoms with Gasteiger partial charge >= 0.3 is 0 Å². The largest absolute Gasteiger partial charge is 0.393 e. The summed E-state index contributed by atoms with van der Waals surface area (Å²) in [6.45, 7) is 4.00. The Hall–Kier alpha value is -0.820. The number of benzene rings is 1. The van der Waals surface area contributed by atoms with Gasteiger partial charge < -0.3 is 5.11 Å². The van der Waals surface area contributed by atoms with Crippen molar-refractivity contribution in [3.63, 3.8) is 0 Å². The molecule has 0 aliphatic heterocycles. The first kappa shape index (κ1) is 12.3. The first-order valence-electron chi connectivity index (χ1n) is 5.92. The number of hydrogen-bond acceptors (Lipinski definition) is 1. The zero-order valence-corrected chi connectivity index (χ0v) is 9.82. The molecule has 1 N–H and O–H groups in total. The Balaban J connectivity index is 2.12. The van der Waals surface area contributed by atoms with Crippen molar-refractivity contribution in [3.05, 3.63) is 35.9 Å². The molecule has 1 aromatic rings. The number of aryl methyl sites for hydroxylation is 1. The highest BCUT2D eigenvalue weighted by Crippen LogP contribution is 2.13. The summed E-state index contributed by atoms with van der Waals surface area (Å²) in [5.41, 5.74) is 1.42. The van der Waals surface area contributed by atoms with E-state index < -0.39 is 0 Å². The fourth-order valence-corrected chi connectivity index (χ4v) is 1.68. The van der Waals surface area contributed by atoms with Gasteiger partial charge in [0.05, 0.1) is 6.10 Å². The minimum Gasteiger partial charge on any atom is -0.393 e. The predicted molar refractivity (Wildman–Crippen MR) is 64.8 cm³/mol. The highest BCUT2D eigenvalue weighted by molar-refractivity contribution is 5.14. The molecule has 0 bridgehead atoms. The van der Waals surface area contributed by atoms with Gasteiger partial charge in [0, 0.05) is 0 Å². The highest BCUT2D eigenvalue weighted by atomic mass is 16.3. The molecule has 0 saturated carbocycles. The molecule has 0 aliphatic carbocycles. The molecule has 0 fully saturated rings. The van der Waals surface area contributed by atoms with E-state index in [9.17, 15) is 5.11 Å². The summed E-state index contributed by atoms with van der Waals surface area (Å²) in [7, 11) is 0. The molecular weight excluding hydrogens is 184 g/mol. The van der Waals surface area contributed by atoms with Crippen molar-refractivity contribution in [1.82, 2.24) is 0 Å². The Morgan fingerprint density at radius 3 is 2.33 bits per heavy atom. The van der Waals surface area contributed by atoms with Crippen molar-refractivity contribution in [3.8, 4) is 0 Å². The molecule has 1 nitrogen and oxygen atoms in total. The molecule has 0 heterocycles. The van der Waals surface area contributed by atoms with Gasteiger partial charge in [0.1, 0.15) is 0 Å². The lowest BCUT2D eigenvalue weighted by Crippen LogP contribution is -2.12. The topological polar surface area (TPSA) is 20.2 Å². The van der Waals surface area contributed by atoms with Crippen molar-refractivity contribution in [2.24, 2.45) is 5.92 Å². The third kappa shape index (κ3) is 4.98. The van der Waals surface area contributed by atoms with Crippen molar-refractivity contribution in [2.45, 2.75) is 45.6 Å². The van der Waals surface area contributed by atoms with Crippen LogP contribution in [0.15, 0.2) is 30.3 Å². The normalized spacial score (nSPS) is 14.9. The van der Waals surface area contributed by atoms with Gasteiger partial charge in [-0.05, 0) is 37.7 Å². The zero-order chi connectivity index (χ0) is 11.1. The standard InChI is InChI=1S/C14H22O/c1-12(13(2)15)8-6-7-11-14-9-4-3-5-10-14/h3-5,9-10,12-13,15H,6-8,11H2,1-2H3. The van der Waals surface area contributed by atoms with E-state index in [-0.39, 0.29) is 6.10 Å². The van der Waals surface area contributed by atoms with Crippen LogP contribution in [-0.4, -0.2) is 11.2 Å². The van der Waals surface area contributed by atoms with Crippen LogP contribution in [0.4, 0.5) is 0 Å². The smallest absolute Gasteiger partial charge is 0.0537 e. The van der Waals surface area contributed by atoms with Crippen LogP contribution in [0.25, 0.3) is 0 Å². The van der Waals surface area contributed by atoms with Crippen molar-refractivity contribution >= 4 is 0 Å². The number of rotatable bonds is 6. The third-order valence-electron chi connectivity index (χ3n) is 3.04. The Kier molecular flexibility index (Phi) is 5.41. The first-order chi connectivity index (χ1) is 7.20. The van der Waals surface area contributed by atoms with E-state index in [2.05, 4.69) is 37.3 Å². The van der Waals surface area contributed by atoms with Gasteiger partial charge in [-0.1, -0.05) is 43.7 Å². The second kappa shape index (κ2) is 6.62. The van der Waals surface area contributed by atoms with Crippen LogP contribution >= 0.6 is 0 Å². The van der Waals surface area contributed by atoms with E-state index in [4.69, 9.17) is 0 Å². The van der Waals surface area contributed by atoms with Gasteiger partial charge in [0.25, 0.3) is 0 Å². The lowest BCUT2D eigenvalue weighted by atomic mass is 9.97. The van der Waals surface area contributed by atoms with E-state index in [0.717, 1.165) is 12.8 Å². The van der Waals surface area contributed by atoms with Crippen LogP contribution < -0.4 is 0 Å². The second-order valence-corrected chi connectivity index (χ2v) is 4.45. The minimum atomic E-state index is -0.165. The molecule has 0 aromatic heterocycles. The molecule has 15 heavy (non-hydrogen) atoms. The van der Waals surface area contributed by atoms with Gasteiger partial charge in [-0.2, -0.15) is 0 Å². The lowest BCUT2D eigenvalue weighted by molar-refractivity contribution is 0.128. The van der Waals surface area contributed by atoms with E-state index >= 15 is 0 Å². The van der Waals surface area contributed by atoms with Gasteiger partial charge in [-0.3, -0.25) is 0 Å². The van der Waals surface area contributed by atoms with Gasteiger partial charge in [-0.25, -0.2) is 0 Å². The summed E-state index contributed by atoms with van der Waals surface area (Å²) < 4.78 is 0. The number of hydrogen-bond donors (Lipinski definition) is 1. The summed E-state index contributed by atoms with van der Waals surface area (Å²) in [6.07, 6.45) is 4.56. The fraction of sp³-hybridized carbons (Fsp3) is 0.571. The van der Waals surface area contributed by atoms with Crippen molar-refractivity contribution in [1.29, 1.82) is 0 Å². The molecule has 84 valence electrons. The summed E-state index contributed by atoms with van der Waals surface area (Å²) in [4.78, 5) is 0. The lowest BCUT2D eigenvalue weighted by Gasteiger charge is -2.13. The van der Waals surface area contributed by atoms with E-state index in [1.807, 2.05) is 6.92 Å². The van der Waals surface area contributed by atoms with Crippen LogP contribution in [0.3, 0.4) is 0 Å². The quantitative estimate of drug-likeness (QED) is 0.707. The zero-order valence-electron chi connectivity index (χ0n) is 9.82. The predicted octanol–water partition coefficient (Wildman–Crippen LogP) is 3.42. The van der Waals surface area contributed by atoms with Gasteiger partial charge in [0.2, 0.25) is 0 Å². The molecule has 0 amide bonds. The maximum Gasteiger partial charge on any atom is 0.0537 e. The van der Waals surface area contributed by atoms with Crippen LogP contribution in [0.1, 0.15) is 38.7 Å². The Bertz CT molecular complexity index is 253. The monoisotopic (exact) mass is 206 g/mol. The second-order valence-electron chi connectivity index (χ2n) is 4.45. The molecule has 1 aromatic carbocycles. The maximum absolute atomic E-state index is 9.34. The average Bonchev–Trinajstić information content (AvgIpc) is 2.25. The van der Waals surface area contributed by atoms with Gasteiger partial charge in [0.15, 0.2) is 0 Å². The van der Waals surface area contributed by atoms with Crippen LogP contribution in [0, 0.1) is 5.92 Å². The van der Waals surface area contributed by atoms with E-state index in [1.54, 1.807) is 0 Å². The molecule has 0 spiro atoms. The van der Waals surface area contributed by atoms with Crippen LogP contribution in [-0.2, 0) is 6.42 Å². The number of aliphatic hydroxyl groups is 1. The summed E-state index contributed by atoms with van der Waals surface area (Å²) in [5.74, 6) is 0.431. The van der Waals surface area contributed by atoms with Crippen molar-refractivity contribution in [2.75, 3.05) is 0 Å². The third-order valence-corrected chi connectivity index (χ3v) is 3.04. The average molecular weight is 206 g/mol. The molecule has 1 heteroatoms. The van der Waals surface area contributed by atoms with Crippen molar-refractivity contribution < 1.29 is 5.11 Å². The number of aliphatic hydroxyl groups excluding tert-OH is 1. The molecule has 2 unspecified atom stereocenters. The molecule has 0 aliphatic rings. The first-order valence-corrected chi connectivity index (χ1v) is 5.92. The molecule has 2 atom stereocenters. The minimum absolute atomic E-state index is 0.165. The fourth-order valence-electron chi connectivity index (χ4n) is 1.68. The summed E-state index contributed by atoms with van der Waals surface area (Å²) in [5, 5.41) is 9.34. The molecule has 0 saturated heterocycles. The van der Waals surface area contributed by atoms with E-state index in [1.165, 1.54) is 18.4 Å². The Morgan fingerprint density at radius 1 is 1.07 bits per heavy atom. The highest BCUT2D eigenvalue weighted by Gasteiger charge is 2.07. The molecule has 1 rings (SSSR count). The SMILES string of the molecule is CC(O)C(C)CCCCc1ccccc1. The van der Waals surface area contributed by atoms with Crippen LogP contribution in [0.2, 0.25) is 0 Å². The van der Waals surface area contributed by atoms with Gasteiger partial charge in [-0.15, -0.1) is 0 Å². The molecule has 0 radical (unpaired) electrons. The Morgan fingerprint density at radius 2 is 1.73 bits per heavy atom. The number of unbranched alkanes of at least 4 members (excludes halogenated alkanes) is 1. The Labute approximate surface area is 93.1 Å². The summed E-state index contributed by atoms with van der Waals surface area (Å²) in [6, 6.07) is 10.6. The summed E-state index contributed by atoms with van der Waals surface area (Å²) >= 11 is 0. The van der Waals surface area contributed by atoms with E-state index in [0.29, 0.717) is 5.92 Å².